The van der Waals surface area contributed by atoms with E-state index in [2.05, 4.69) is 318 Å². The quantitative estimate of drug-likeness (QED) is 0.153. The molecule has 15 aromatic rings. The second-order valence-corrected chi connectivity index (χ2v) is 34.4. The van der Waals surface area contributed by atoms with Gasteiger partial charge in [0.1, 0.15) is 0 Å². The van der Waals surface area contributed by atoms with Crippen molar-refractivity contribution in [1.82, 2.24) is 57.0 Å². The number of H-pyrrole nitrogens is 1. The fraction of sp³-hybridized carbons (Fsp3) is 0.274. The fourth-order valence-electron chi connectivity index (χ4n) is 17.3. The molecule has 0 saturated heterocycles. The van der Waals surface area contributed by atoms with Crippen LogP contribution in [0.3, 0.4) is 0 Å². The van der Waals surface area contributed by atoms with Crippen molar-refractivity contribution in [3.63, 3.8) is 0 Å². The molecule has 4 aliphatic heterocycles. The number of likely N-dealkylation sites (N-methyl/N-ethyl adjacent to an activating group) is 4. The van der Waals surface area contributed by atoms with E-state index in [-0.39, 0.29) is 0 Å². The van der Waals surface area contributed by atoms with Crippen LogP contribution in [0, 0.1) is 20.8 Å². The summed E-state index contributed by atoms with van der Waals surface area (Å²) >= 11 is 6.27. The van der Waals surface area contributed by atoms with Gasteiger partial charge >= 0.3 is 0 Å². The zero-order valence-corrected chi connectivity index (χ0v) is 68.2. The maximum atomic E-state index is 11.7. The Bertz CT molecular complexity index is 6410. The first-order chi connectivity index (χ1) is 53.3. The Morgan fingerprint density at radius 1 is 0.396 bits per heavy atom. The first kappa shape index (κ1) is 74.6. The number of hydrogen-bond acceptors (Lipinski definition) is 7. The first-order valence-corrected chi connectivity index (χ1v) is 41.1. The molecule has 11 heterocycles. The number of aryl methyl sites for hydroxylation is 5. The van der Waals surface area contributed by atoms with Gasteiger partial charge in [-0.3, -0.25) is 0 Å². The number of fused-ring (bicyclic) bond motifs is 15. The fourth-order valence-corrected chi connectivity index (χ4v) is 18.1. The highest BCUT2D eigenvalue weighted by molar-refractivity contribution is 7.90. The number of imidazole rings is 1. The first-order valence-electron chi connectivity index (χ1n) is 38.9. The van der Waals surface area contributed by atoms with E-state index in [9.17, 15) is 8.42 Å². The number of nitrogens with one attached hydrogen (secondary N) is 1. The lowest BCUT2D eigenvalue weighted by atomic mass is 10.0. The second-order valence-electron chi connectivity index (χ2n) is 31.9. The zero-order valence-electron chi connectivity index (χ0n) is 66.6. The van der Waals surface area contributed by atoms with E-state index in [0.29, 0.717) is 4.90 Å². The topological polar surface area (TPSA) is 105 Å². The smallest absolute Gasteiger partial charge is 0.175 e. The number of hydrogen-bond donors (Lipinski definition) is 1. The van der Waals surface area contributed by atoms with E-state index in [4.69, 9.17) is 11.6 Å². The number of aromatic nitrogens is 8. The summed E-state index contributed by atoms with van der Waals surface area (Å²) in [6.07, 6.45) is 20.6. The Labute approximate surface area is 657 Å². The third-order valence-corrected chi connectivity index (χ3v) is 24.9. The molecule has 0 amide bonds. The minimum absolute atomic E-state index is 0.338. The largest absolute Gasteiger partial charge is 0.351 e. The number of nitrogens with zero attached hydrogens (tertiary/aromatic N) is 11. The highest BCUT2D eigenvalue weighted by Gasteiger charge is 2.27. The molecule has 16 heteroatoms. The SMILES string of the molecule is C/C(=C/n1c2c(c3cc(C)ccc31)CN(C)CC2)c1ccc2ccn(C)c2c1.C/C(=C\n1c2c(c3cc(C)ccc31)CN(C)CC2)c1ccc2c(ccn2C)c1.C/C(=C\n1c2c(c3cc(C)ccc31)CN(C)CC2)c1ccc2nc[nH]c2c1.C/C(=C\n1c2c(c3cc(Cl)ccc31)CN(C)CC2)c1ccc(S(C)(=O)=O)cc1. The predicted octanol–water partition coefficient (Wildman–Crippen LogP) is 20.4. The number of rotatable bonds is 9. The summed E-state index contributed by atoms with van der Waals surface area (Å²) in [5, 5.41) is 8.74. The van der Waals surface area contributed by atoms with Gasteiger partial charge in [0.15, 0.2) is 9.84 Å². The molecule has 0 fully saturated rings. The number of halogens is 1. The Morgan fingerprint density at radius 3 is 1.23 bits per heavy atom. The molecule has 7 aromatic heterocycles. The van der Waals surface area contributed by atoms with Crippen molar-refractivity contribution < 1.29 is 8.42 Å². The number of aromatic amines is 1. The van der Waals surface area contributed by atoms with E-state index >= 15 is 0 Å². The molecule has 0 atom stereocenters. The van der Waals surface area contributed by atoms with Crippen LogP contribution in [-0.2, 0) is 75.8 Å². The molecule has 1 N–H and O–H groups in total. The molecule has 0 saturated carbocycles. The lowest BCUT2D eigenvalue weighted by Gasteiger charge is -2.23. The van der Waals surface area contributed by atoms with Crippen LogP contribution in [0.4, 0.5) is 0 Å². The molecule has 0 spiro atoms. The summed E-state index contributed by atoms with van der Waals surface area (Å²) in [5.41, 5.74) is 35.0. The lowest BCUT2D eigenvalue weighted by molar-refractivity contribution is 0.312. The Hall–Kier alpha value is -10.5. The molecule has 0 unspecified atom stereocenters. The summed E-state index contributed by atoms with van der Waals surface area (Å²) in [6, 6.07) is 58.0. The van der Waals surface area contributed by atoms with Crippen molar-refractivity contribution in [3.8, 4) is 0 Å². The van der Waals surface area contributed by atoms with Crippen molar-refractivity contribution in [2.75, 3.05) is 60.6 Å². The van der Waals surface area contributed by atoms with E-state index < -0.39 is 9.84 Å². The van der Waals surface area contributed by atoms with Crippen LogP contribution in [0.5, 0.6) is 0 Å². The van der Waals surface area contributed by atoms with Gasteiger partial charge < -0.3 is 52.0 Å². The molecule has 566 valence electrons. The van der Waals surface area contributed by atoms with Gasteiger partial charge in [0.05, 0.1) is 44.3 Å². The van der Waals surface area contributed by atoms with Gasteiger partial charge in [-0.05, 0) is 258 Å². The Kier molecular flexibility index (Phi) is 20.4. The summed E-state index contributed by atoms with van der Waals surface area (Å²) in [4.78, 5) is 17.5. The predicted molar refractivity (Wildman–Crippen MR) is 468 cm³/mol. The minimum atomic E-state index is -3.19. The van der Waals surface area contributed by atoms with Crippen molar-refractivity contribution in [2.24, 2.45) is 14.1 Å². The molecule has 4 aliphatic rings. The molecule has 111 heavy (non-hydrogen) atoms. The highest BCUT2D eigenvalue weighted by Crippen LogP contribution is 2.39. The second kappa shape index (κ2) is 30.3. The van der Waals surface area contributed by atoms with Crippen LogP contribution < -0.4 is 0 Å². The monoisotopic (exact) mass is 1510 g/mol. The van der Waals surface area contributed by atoms with Gasteiger partial charge in [-0.15, -0.1) is 0 Å². The Balaban J connectivity index is 0.000000112. The normalized spacial score (nSPS) is 15.6. The summed E-state index contributed by atoms with van der Waals surface area (Å²) in [7, 11) is 9.81. The number of allylic oxidation sites excluding steroid dienone is 4. The van der Waals surface area contributed by atoms with E-state index in [1.165, 1.54) is 161 Å². The number of benzene rings is 8. The van der Waals surface area contributed by atoms with Gasteiger partial charge in [0, 0.05) is 201 Å². The van der Waals surface area contributed by atoms with Crippen LogP contribution in [0.25, 0.3) is 124 Å². The molecular formula is C95H101ClN12O2S. The van der Waals surface area contributed by atoms with Crippen LogP contribution in [-0.4, -0.2) is 126 Å². The van der Waals surface area contributed by atoms with Gasteiger partial charge in [-0.25, -0.2) is 13.4 Å². The van der Waals surface area contributed by atoms with Crippen LogP contribution in [0.2, 0.25) is 5.02 Å². The molecule has 0 radical (unpaired) electrons. The lowest BCUT2D eigenvalue weighted by Crippen LogP contribution is -2.26. The van der Waals surface area contributed by atoms with Gasteiger partial charge in [-0.1, -0.05) is 82.9 Å². The summed E-state index contributed by atoms with van der Waals surface area (Å²) in [5.74, 6) is 0. The summed E-state index contributed by atoms with van der Waals surface area (Å²) < 4.78 is 37.3. The molecule has 14 nitrogen and oxygen atoms in total. The molecule has 19 rings (SSSR count). The molecule has 8 aromatic carbocycles. The van der Waals surface area contributed by atoms with E-state index in [0.717, 1.165) is 111 Å². The van der Waals surface area contributed by atoms with Crippen LogP contribution in [0.15, 0.2) is 187 Å². The average molecular weight is 1510 g/mol. The van der Waals surface area contributed by atoms with Crippen molar-refractivity contribution in [2.45, 2.75) is 105 Å². The number of sulfone groups is 1. The minimum Gasteiger partial charge on any atom is -0.351 e. The van der Waals surface area contributed by atoms with Gasteiger partial charge in [0.25, 0.3) is 0 Å². The van der Waals surface area contributed by atoms with E-state index in [1.807, 2.05) is 18.2 Å². The van der Waals surface area contributed by atoms with Crippen molar-refractivity contribution >= 4 is 145 Å². The molecular weight excluding hydrogens is 1410 g/mol. The van der Waals surface area contributed by atoms with Crippen LogP contribution >= 0.6 is 11.6 Å². The standard InChI is InChI=1S/2C25H27N3.C23H24N4.C22H23ClN2O2S/c1-17-5-8-23-21(13-17)22-16-26(3)11-10-24(22)28(23)15-18(2)20-7-6-19-9-12-27(4)25(19)14-20;1-17-5-7-24-21(13-17)22-16-26(3)11-10-25(22)28(24)15-18(2)19-6-8-23-20(14-19)9-12-27(23)4;1-15-4-7-22-18(10-15)19-13-26(3)9-8-23(19)27(22)12-16(2)17-5-6-20-21(11-17)25-14-24-20;1-15(16-4-7-18(8-5-16)28(3,26)27)13-25-21-9-6-17(23)12-19(21)20-14-24(2)11-10-22(20)25/h2*5-9,12-15H,10-11,16H2,1-4H3;4-7,10-12,14H,8-9,13H2,1-3H3,(H,24,25);4-9,12-13H,10-11,14H2,1-3H3/b18-15-;18-15+;16-12+;15-13+. The van der Waals surface area contributed by atoms with E-state index in [1.54, 1.807) is 18.5 Å². The van der Waals surface area contributed by atoms with Gasteiger partial charge in [-0.2, -0.15) is 0 Å². The highest BCUT2D eigenvalue weighted by atomic mass is 35.5. The van der Waals surface area contributed by atoms with Crippen molar-refractivity contribution in [1.29, 1.82) is 0 Å². The third kappa shape index (κ3) is 14.8. The maximum absolute atomic E-state index is 11.7. The maximum Gasteiger partial charge on any atom is 0.175 e. The summed E-state index contributed by atoms with van der Waals surface area (Å²) in [6.45, 7) is 23.6. The van der Waals surface area contributed by atoms with Crippen LogP contribution in [0.1, 0.15) is 112 Å². The van der Waals surface area contributed by atoms with Gasteiger partial charge in [0.2, 0.25) is 0 Å². The van der Waals surface area contributed by atoms with Crippen molar-refractivity contribution in [3.05, 3.63) is 272 Å². The average Bonchev–Trinajstić information content (AvgIpc) is 1.62. The molecule has 0 bridgehead atoms. The molecule has 0 aliphatic carbocycles. The third-order valence-electron chi connectivity index (χ3n) is 23.5. The zero-order chi connectivity index (χ0) is 77.4. The Morgan fingerprint density at radius 2 is 0.766 bits per heavy atom.